The molecule has 4 rings (SSSR count). The number of urea groups is 1. The minimum Gasteiger partial charge on any atom is -0.381 e. The minimum absolute atomic E-state index is 0.0471. The second kappa shape index (κ2) is 7.52. The van der Waals surface area contributed by atoms with Crippen molar-refractivity contribution < 1.29 is 14.1 Å². The molecule has 2 aromatic rings. The summed E-state index contributed by atoms with van der Waals surface area (Å²) < 4.78 is 11.1. The van der Waals surface area contributed by atoms with E-state index in [1.165, 1.54) is 0 Å². The van der Waals surface area contributed by atoms with Crippen molar-refractivity contribution >= 4 is 23.5 Å². The van der Waals surface area contributed by atoms with Crippen LogP contribution < -0.4 is 5.32 Å². The monoisotopic (exact) mass is 388 g/mol. The second-order valence-corrected chi connectivity index (χ2v) is 8.13. The first-order valence-electron chi connectivity index (χ1n) is 9.18. The lowest BCUT2D eigenvalue weighted by Crippen LogP contribution is -2.38. The average molecular weight is 388 g/mol. The summed E-state index contributed by atoms with van der Waals surface area (Å²) in [5.74, 6) is 1.31. The van der Waals surface area contributed by atoms with Crippen molar-refractivity contribution in [3.05, 3.63) is 36.0 Å². The number of carbonyl (C=O) groups is 1. The molecule has 2 saturated heterocycles. The molecule has 144 valence electrons. The van der Waals surface area contributed by atoms with Gasteiger partial charge in [0.25, 0.3) is 0 Å². The number of aryl methyl sites for hydroxylation is 1. The molecule has 3 heterocycles. The van der Waals surface area contributed by atoms with Crippen LogP contribution in [-0.2, 0) is 4.74 Å². The number of amides is 2. The molecule has 27 heavy (non-hydrogen) atoms. The molecule has 2 amide bonds. The van der Waals surface area contributed by atoms with Gasteiger partial charge in [-0.1, -0.05) is 11.2 Å². The van der Waals surface area contributed by atoms with Crippen LogP contribution in [-0.4, -0.2) is 53.6 Å². The van der Waals surface area contributed by atoms with Crippen LogP contribution in [0.3, 0.4) is 0 Å². The molecule has 0 radical (unpaired) electrons. The van der Waals surface area contributed by atoms with Crippen molar-refractivity contribution in [3.8, 4) is 0 Å². The Morgan fingerprint density at radius 2 is 2.19 bits per heavy atom. The first-order valence-corrected chi connectivity index (χ1v) is 10.4. The maximum absolute atomic E-state index is 12.9. The first kappa shape index (κ1) is 18.3. The third kappa shape index (κ3) is 3.68. The number of hydrogen-bond donors (Lipinski definition) is 1. The number of anilines is 1. The van der Waals surface area contributed by atoms with Gasteiger partial charge in [-0.25, -0.2) is 4.79 Å². The number of aromatic nitrogens is 2. The van der Waals surface area contributed by atoms with Crippen LogP contribution >= 0.6 is 11.8 Å². The van der Waals surface area contributed by atoms with Gasteiger partial charge in [0, 0.05) is 42.3 Å². The van der Waals surface area contributed by atoms with Crippen LogP contribution in [0.5, 0.6) is 0 Å². The van der Waals surface area contributed by atoms with Crippen LogP contribution in [0.1, 0.15) is 30.5 Å². The van der Waals surface area contributed by atoms with Gasteiger partial charge in [-0.3, -0.25) is 0 Å². The zero-order chi connectivity index (χ0) is 18.9. The molecule has 2 aliphatic rings. The standard InChI is InChI=1S/C19H24N4O3S/c1-13-20-17(26-22-13)16-11-23(12-19(16)6-8-25-9-7-19)18(24)21-14-4-3-5-15(10-14)27-2/h3-5,10,16H,6-9,11-12H2,1-2H3,(H,21,24). The van der Waals surface area contributed by atoms with Crippen molar-refractivity contribution in [2.24, 2.45) is 5.41 Å². The van der Waals surface area contributed by atoms with Crippen LogP contribution in [0.4, 0.5) is 10.5 Å². The van der Waals surface area contributed by atoms with Crippen molar-refractivity contribution in [2.75, 3.05) is 37.9 Å². The zero-order valence-electron chi connectivity index (χ0n) is 15.6. The lowest BCUT2D eigenvalue weighted by atomic mass is 9.72. The molecule has 0 aliphatic carbocycles. The number of thioether (sulfide) groups is 1. The van der Waals surface area contributed by atoms with E-state index >= 15 is 0 Å². The number of rotatable bonds is 3. The summed E-state index contributed by atoms with van der Waals surface area (Å²) in [5, 5.41) is 6.99. The molecule has 1 unspecified atom stereocenters. The predicted octanol–water partition coefficient (Wildman–Crippen LogP) is 3.53. The normalized spacial score (nSPS) is 21.6. The van der Waals surface area contributed by atoms with Crippen molar-refractivity contribution in [3.63, 3.8) is 0 Å². The number of nitrogens with one attached hydrogen (secondary N) is 1. The molecule has 1 aromatic carbocycles. The number of nitrogens with zero attached hydrogens (tertiary/aromatic N) is 3. The van der Waals surface area contributed by atoms with Crippen molar-refractivity contribution in [2.45, 2.75) is 30.6 Å². The Bertz CT molecular complexity index is 819. The maximum atomic E-state index is 12.9. The van der Waals surface area contributed by atoms with Gasteiger partial charge in [0.05, 0.1) is 5.92 Å². The minimum atomic E-state index is -0.0853. The quantitative estimate of drug-likeness (QED) is 0.810. The number of hydrogen-bond acceptors (Lipinski definition) is 6. The highest BCUT2D eigenvalue weighted by Crippen LogP contribution is 2.49. The second-order valence-electron chi connectivity index (χ2n) is 7.25. The van der Waals surface area contributed by atoms with Gasteiger partial charge in [0.1, 0.15) is 0 Å². The van der Waals surface area contributed by atoms with Crippen molar-refractivity contribution in [1.82, 2.24) is 15.0 Å². The Labute approximate surface area is 162 Å². The lowest BCUT2D eigenvalue weighted by Gasteiger charge is -2.36. The fourth-order valence-corrected chi connectivity index (χ4v) is 4.57. The van der Waals surface area contributed by atoms with E-state index in [4.69, 9.17) is 9.26 Å². The zero-order valence-corrected chi connectivity index (χ0v) is 16.4. The first-order chi connectivity index (χ1) is 13.1. The third-order valence-corrected chi connectivity index (χ3v) is 6.31. The summed E-state index contributed by atoms with van der Waals surface area (Å²) in [4.78, 5) is 20.4. The summed E-state index contributed by atoms with van der Waals surface area (Å²) in [6.07, 6.45) is 3.81. The van der Waals surface area contributed by atoms with E-state index in [1.807, 2.05) is 42.3 Å². The molecule has 1 aromatic heterocycles. The predicted molar refractivity (Wildman–Crippen MR) is 103 cm³/mol. The molecular formula is C19H24N4O3S. The summed E-state index contributed by atoms with van der Waals surface area (Å²) in [6.45, 7) is 4.48. The van der Waals surface area contributed by atoms with E-state index < -0.39 is 0 Å². The third-order valence-electron chi connectivity index (χ3n) is 5.59. The number of likely N-dealkylation sites (tertiary alicyclic amines) is 1. The molecule has 1 N–H and O–H groups in total. The Balaban J connectivity index is 1.54. The van der Waals surface area contributed by atoms with Gasteiger partial charge >= 0.3 is 6.03 Å². The van der Waals surface area contributed by atoms with Gasteiger partial charge in [-0.15, -0.1) is 11.8 Å². The van der Waals surface area contributed by atoms with Crippen LogP contribution in [0.25, 0.3) is 0 Å². The molecule has 1 spiro atoms. The summed E-state index contributed by atoms with van der Waals surface area (Å²) in [7, 11) is 0. The van der Waals surface area contributed by atoms with Gasteiger partial charge in [0.2, 0.25) is 5.89 Å². The summed E-state index contributed by atoms with van der Waals surface area (Å²) >= 11 is 1.65. The molecule has 8 heteroatoms. The highest BCUT2D eigenvalue weighted by Gasteiger charge is 2.51. The van der Waals surface area contributed by atoms with E-state index in [0.717, 1.165) is 23.4 Å². The maximum Gasteiger partial charge on any atom is 0.321 e. The van der Waals surface area contributed by atoms with Gasteiger partial charge < -0.3 is 19.5 Å². The Hall–Kier alpha value is -2.06. The average Bonchev–Trinajstić information content (AvgIpc) is 3.26. The van der Waals surface area contributed by atoms with E-state index in [1.54, 1.807) is 11.8 Å². The van der Waals surface area contributed by atoms with Crippen LogP contribution in [0.15, 0.2) is 33.7 Å². The van der Waals surface area contributed by atoms with E-state index in [2.05, 4.69) is 15.5 Å². The fourth-order valence-electron chi connectivity index (χ4n) is 4.11. The van der Waals surface area contributed by atoms with E-state index in [0.29, 0.717) is 38.0 Å². The Morgan fingerprint density at radius 1 is 1.37 bits per heavy atom. The van der Waals surface area contributed by atoms with Crippen molar-refractivity contribution in [1.29, 1.82) is 0 Å². The number of benzene rings is 1. The number of carbonyl (C=O) groups excluding carboxylic acids is 1. The molecule has 7 nitrogen and oxygen atoms in total. The van der Waals surface area contributed by atoms with Gasteiger partial charge in [-0.2, -0.15) is 4.98 Å². The van der Waals surface area contributed by atoms with Crippen LogP contribution in [0, 0.1) is 12.3 Å². The molecule has 2 aliphatic heterocycles. The number of ether oxygens (including phenoxy) is 1. The highest BCUT2D eigenvalue weighted by atomic mass is 32.2. The Morgan fingerprint density at radius 3 is 2.89 bits per heavy atom. The van der Waals surface area contributed by atoms with Crippen LogP contribution in [0.2, 0.25) is 0 Å². The van der Waals surface area contributed by atoms with Gasteiger partial charge in [-0.05, 0) is 44.2 Å². The SMILES string of the molecule is CSc1cccc(NC(=O)N2CC(c3nc(C)no3)C3(CCOCC3)C2)c1. The molecule has 1 atom stereocenters. The molecule has 0 bridgehead atoms. The topological polar surface area (TPSA) is 80.5 Å². The highest BCUT2D eigenvalue weighted by molar-refractivity contribution is 7.98. The lowest BCUT2D eigenvalue weighted by molar-refractivity contribution is 0.00959. The summed E-state index contributed by atoms with van der Waals surface area (Å²) in [5.41, 5.74) is 0.750. The smallest absolute Gasteiger partial charge is 0.321 e. The molecular weight excluding hydrogens is 364 g/mol. The molecule has 2 fully saturated rings. The van der Waals surface area contributed by atoms with E-state index in [-0.39, 0.29) is 17.4 Å². The largest absolute Gasteiger partial charge is 0.381 e. The fraction of sp³-hybridized carbons (Fsp3) is 0.526. The summed E-state index contributed by atoms with van der Waals surface area (Å²) in [6, 6.07) is 7.80. The Kier molecular flexibility index (Phi) is 5.10. The van der Waals surface area contributed by atoms with E-state index in [9.17, 15) is 4.79 Å². The molecule has 0 saturated carbocycles. The van der Waals surface area contributed by atoms with Gasteiger partial charge in [0.15, 0.2) is 5.82 Å².